The SMILES string of the molecule is CCOC(=O)c1c(NC(=O)COC(=O)C2CCC2)sc(C(C)=O)c1C. The number of esters is 2. The van der Waals surface area contributed by atoms with Gasteiger partial charge in [-0.25, -0.2) is 4.79 Å². The third kappa shape index (κ3) is 4.45. The fourth-order valence-corrected chi connectivity index (χ4v) is 3.55. The molecule has 1 aliphatic rings. The minimum absolute atomic E-state index is 0.115. The largest absolute Gasteiger partial charge is 0.462 e. The Bertz CT molecular complexity index is 704. The molecule has 25 heavy (non-hydrogen) atoms. The molecule has 2 rings (SSSR count). The van der Waals surface area contributed by atoms with Crippen LogP contribution in [0.5, 0.6) is 0 Å². The van der Waals surface area contributed by atoms with Crippen LogP contribution in [0, 0.1) is 12.8 Å². The summed E-state index contributed by atoms with van der Waals surface area (Å²) in [6.07, 6.45) is 2.58. The molecular formula is C17H21NO6S. The monoisotopic (exact) mass is 367 g/mol. The number of hydrogen-bond acceptors (Lipinski definition) is 7. The maximum absolute atomic E-state index is 12.1. The van der Waals surface area contributed by atoms with E-state index in [9.17, 15) is 19.2 Å². The zero-order valence-electron chi connectivity index (χ0n) is 14.5. The van der Waals surface area contributed by atoms with Gasteiger partial charge in [0, 0.05) is 0 Å². The Kier molecular flexibility index (Phi) is 6.30. The van der Waals surface area contributed by atoms with Crippen molar-refractivity contribution < 1.29 is 28.7 Å². The summed E-state index contributed by atoms with van der Waals surface area (Å²) in [6, 6.07) is 0. The van der Waals surface area contributed by atoms with Crippen molar-refractivity contribution in [3.8, 4) is 0 Å². The van der Waals surface area contributed by atoms with E-state index >= 15 is 0 Å². The Labute approximate surface area is 149 Å². The van der Waals surface area contributed by atoms with Gasteiger partial charge >= 0.3 is 11.9 Å². The molecule has 1 aromatic rings. The molecule has 0 spiro atoms. The summed E-state index contributed by atoms with van der Waals surface area (Å²) in [4.78, 5) is 47.9. The third-order valence-corrected chi connectivity index (χ3v) is 5.29. The molecule has 0 unspecified atom stereocenters. The normalized spacial score (nSPS) is 13.7. The lowest BCUT2D eigenvalue weighted by Gasteiger charge is -2.22. The van der Waals surface area contributed by atoms with Crippen molar-refractivity contribution in [3.05, 3.63) is 16.0 Å². The molecule has 0 aliphatic heterocycles. The van der Waals surface area contributed by atoms with Crippen molar-refractivity contribution in [1.29, 1.82) is 0 Å². The molecule has 7 nitrogen and oxygen atoms in total. The Balaban J connectivity index is 2.09. The van der Waals surface area contributed by atoms with E-state index in [1.54, 1.807) is 13.8 Å². The summed E-state index contributed by atoms with van der Waals surface area (Å²) >= 11 is 1.01. The maximum Gasteiger partial charge on any atom is 0.341 e. The number of amides is 1. The number of Topliss-reactive ketones (excluding diaryl/α,β-unsaturated/α-hetero) is 1. The first-order chi connectivity index (χ1) is 11.8. The van der Waals surface area contributed by atoms with Gasteiger partial charge in [-0.15, -0.1) is 11.3 Å². The number of rotatable bonds is 7. The molecule has 0 radical (unpaired) electrons. The minimum atomic E-state index is -0.606. The van der Waals surface area contributed by atoms with Crippen LogP contribution in [0.4, 0.5) is 5.00 Å². The average molecular weight is 367 g/mol. The number of ether oxygens (including phenoxy) is 2. The Morgan fingerprint density at radius 1 is 1.20 bits per heavy atom. The molecule has 8 heteroatoms. The van der Waals surface area contributed by atoms with Gasteiger partial charge < -0.3 is 14.8 Å². The Hall–Kier alpha value is -2.22. The summed E-state index contributed by atoms with van der Waals surface area (Å²) in [6.45, 7) is 4.44. The molecule has 0 bridgehead atoms. The van der Waals surface area contributed by atoms with E-state index in [-0.39, 0.29) is 34.8 Å². The second kappa shape index (κ2) is 8.24. The topological polar surface area (TPSA) is 98.8 Å². The minimum Gasteiger partial charge on any atom is -0.462 e. The Morgan fingerprint density at radius 3 is 2.40 bits per heavy atom. The summed E-state index contributed by atoms with van der Waals surface area (Å²) in [7, 11) is 0. The molecule has 1 aromatic heterocycles. The molecule has 1 saturated carbocycles. The molecule has 0 atom stereocenters. The fraction of sp³-hybridized carbons (Fsp3) is 0.529. The number of carbonyl (C=O) groups is 4. The maximum atomic E-state index is 12.1. The van der Waals surface area contributed by atoms with Gasteiger partial charge in [0.15, 0.2) is 12.4 Å². The van der Waals surface area contributed by atoms with Gasteiger partial charge in [0.25, 0.3) is 5.91 Å². The number of hydrogen-bond donors (Lipinski definition) is 1. The zero-order chi connectivity index (χ0) is 18.6. The second-order valence-corrected chi connectivity index (χ2v) is 6.84. The van der Waals surface area contributed by atoms with Gasteiger partial charge in [0.2, 0.25) is 0 Å². The van der Waals surface area contributed by atoms with E-state index in [1.807, 2.05) is 0 Å². The van der Waals surface area contributed by atoms with Crippen molar-refractivity contribution in [3.63, 3.8) is 0 Å². The van der Waals surface area contributed by atoms with Crippen LogP contribution in [-0.2, 0) is 19.1 Å². The van der Waals surface area contributed by atoms with E-state index in [1.165, 1.54) is 6.92 Å². The summed E-state index contributed by atoms with van der Waals surface area (Å²) in [5.41, 5.74) is 0.633. The van der Waals surface area contributed by atoms with E-state index in [0.29, 0.717) is 10.4 Å². The van der Waals surface area contributed by atoms with Crippen LogP contribution in [0.15, 0.2) is 0 Å². The highest BCUT2D eigenvalue weighted by atomic mass is 32.1. The van der Waals surface area contributed by atoms with Crippen LogP contribution in [0.25, 0.3) is 0 Å². The number of thiophene rings is 1. The molecule has 1 aliphatic carbocycles. The molecule has 1 N–H and O–H groups in total. The highest BCUT2D eigenvalue weighted by Gasteiger charge is 2.28. The highest BCUT2D eigenvalue weighted by Crippen LogP contribution is 2.34. The predicted octanol–water partition coefficient (Wildman–Crippen LogP) is 2.72. The zero-order valence-corrected chi connectivity index (χ0v) is 15.3. The molecule has 1 fully saturated rings. The number of nitrogens with one attached hydrogen (secondary N) is 1. The van der Waals surface area contributed by atoms with Gasteiger partial charge in [-0.1, -0.05) is 6.42 Å². The molecule has 0 saturated heterocycles. The van der Waals surface area contributed by atoms with Gasteiger partial charge in [-0.05, 0) is 39.2 Å². The van der Waals surface area contributed by atoms with Crippen LogP contribution in [0.2, 0.25) is 0 Å². The summed E-state index contributed by atoms with van der Waals surface area (Å²) < 4.78 is 9.98. The quantitative estimate of drug-likeness (QED) is 0.588. The molecule has 0 aromatic carbocycles. The molecule has 1 amide bonds. The first kappa shape index (κ1) is 19.1. The van der Waals surface area contributed by atoms with E-state index in [4.69, 9.17) is 9.47 Å². The van der Waals surface area contributed by atoms with Crippen LogP contribution >= 0.6 is 11.3 Å². The van der Waals surface area contributed by atoms with Crippen LogP contribution in [-0.4, -0.2) is 36.8 Å². The lowest BCUT2D eigenvalue weighted by Crippen LogP contribution is -2.28. The van der Waals surface area contributed by atoms with Crippen molar-refractivity contribution >= 4 is 40.0 Å². The number of anilines is 1. The first-order valence-corrected chi connectivity index (χ1v) is 8.94. The standard InChI is InChI=1S/C17H21NO6S/c1-4-23-17(22)13-9(2)14(10(3)19)25-15(13)18-12(20)8-24-16(21)11-6-5-7-11/h11H,4-8H2,1-3H3,(H,18,20). The second-order valence-electron chi connectivity index (χ2n) is 5.82. The van der Waals surface area contributed by atoms with Gasteiger partial charge in [-0.2, -0.15) is 0 Å². The van der Waals surface area contributed by atoms with Crippen molar-refractivity contribution in [2.45, 2.75) is 40.0 Å². The van der Waals surface area contributed by atoms with E-state index in [0.717, 1.165) is 30.6 Å². The molecule has 1 heterocycles. The van der Waals surface area contributed by atoms with Crippen LogP contribution < -0.4 is 5.32 Å². The fourth-order valence-electron chi connectivity index (χ4n) is 2.45. The van der Waals surface area contributed by atoms with Gasteiger partial charge in [0.05, 0.1) is 23.0 Å². The van der Waals surface area contributed by atoms with Gasteiger partial charge in [0.1, 0.15) is 5.00 Å². The van der Waals surface area contributed by atoms with Crippen molar-refractivity contribution in [2.75, 3.05) is 18.5 Å². The van der Waals surface area contributed by atoms with Crippen molar-refractivity contribution in [2.24, 2.45) is 5.92 Å². The van der Waals surface area contributed by atoms with Crippen molar-refractivity contribution in [1.82, 2.24) is 0 Å². The van der Waals surface area contributed by atoms with Gasteiger partial charge in [-0.3, -0.25) is 14.4 Å². The predicted molar refractivity (Wildman–Crippen MR) is 91.9 cm³/mol. The summed E-state index contributed by atoms with van der Waals surface area (Å²) in [5, 5.41) is 2.77. The lowest BCUT2D eigenvalue weighted by atomic mass is 9.86. The summed E-state index contributed by atoms with van der Waals surface area (Å²) in [5.74, 6) is -1.86. The first-order valence-electron chi connectivity index (χ1n) is 8.13. The van der Waals surface area contributed by atoms with Crippen LogP contribution in [0.1, 0.15) is 58.7 Å². The highest BCUT2D eigenvalue weighted by molar-refractivity contribution is 7.18. The lowest BCUT2D eigenvalue weighted by molar-refractivity contribution is -0.154. The smallest absolute Gasteiger partial charge is 0.341 e. The van der Waals surface area contributed by atoms with Crippen LogP contribution in [0.3, 0.4) is 0 Å². The third-order valence-electron chi connectivity index (χ3n) is 3.98. The molecular weight excluding hydrogens is 346 g/mol. The Morgan fingerprint density at radius 2 is 1.88 bits per heavy atom. The number of ketones is 1. The van der Waals surface area contributed by atoms with E-state index in [2.05, 4.69) is 5.32 Å². The van der Waals surface area contributed by atoms with E-state index < -0.39 is 18.5 Å². The molecule has 136 valence electrons. The number of carbonyl (C=O) groups excluding carboxylic acids is 4. The average Bonchev–Trinajstić information content (AvgIpc) is 2.80.